The van der Waals surface area contributed by atoms with Crippen LogP contribution in [-0.2, 0) is 11.3 Å². The lowest BCUT2D eigenvalue weighted by atomic mass is 10.1. The molecule has 0 atom stereocenters. The van der Waals surface area contributed by atoms with E-state index in [0.717, 1.165) is 11.1 Å². The topological polar surface area (TPSA) is 61.0 Å². The van der Waals surface area contributed by atoms with Gasteiger partial charge >= 0.3 is 0 Å². The van der Waals surface area contributed by atoms with Crippen molar-refractivity contribution in [2.24, 2.45) is 0 Å². The maximum Gasteiger partial charge on any atom is 0.200 e. The van der Waals surface area contributed by atoms with Gasteiger partial charge in [-0.1, -0.05) is 24.3 Å². The predicted octanol–water partition coefficient (Wildman–Crippen LogP) is 1.93. The molecule has 1 aromatic carbocycles. The molecule has 5 heteroatoms. The number of nitrogens with zero attached hydrogens (tertiary/aromatic N) is 2. The smallest absolute Gasteiger partial charge is 0.200 e. The highest BCUT2D eigenvalue weighted by Crippen LogP contribution is 2.23. The number of hydrogen-bond acceptors (Lipinski definition) is 5. The normalized spacial score (nSPS) is 10.5. The number of rotatable bonds is 3. The lowest BCUT2D eigenvalue weighted by Gasteiger charge is -2.04. The van der Waals surface area contributed by atoms with E-state index in [1.165, 1.54) is 11.5 Å². The molecule has 0 spiro atoms. The van der Waals surface area contributed by atoms with Crippen LogP contribution in [-0.4, -0.2) is 16.5 Å². The third-order valence-electron chi connectivity index (χ3n) is 2.00. The Bertz CT molecular complexity index is 455. The second kappa shape index (κ2) is 4.37. The first-order chi connectivity index (χ1) is 7.31. The van der Waals surface area contributed by atoms with Crippen molar-refractivity contribution in [1.29, 1.82) is 0 Å². The van der Waals surface area contributed by atoms with Crippen molar-refractivity contribution in [3.8, 4) is 11.4 Å². The quantitative estimate of drug-likeness (QED) is 0.860. The molecule has 2 N–H and O–H groups in total. The van der Waals surface area contributed by atoms with Gasteiger partial charge in [0.05, 0.1) is 6.61 Å². The summed E-state index contributed by atoms with van der Waals surface area (Å²) in [6.45, 7) is 0.551. The molecule has 0 unspecified atom stereocenters. The molecule has 2 rings (SSSR count). The number of nitrogen functional groups attached to an aromatic ring is 1. The number of hydrogen-bond donors (Lipinski definition) is 1. The van der Waals surface area contributed by atoms with Crippen LogP contribution in [0.15, 0.2) is 24.3 Å². The Morgan fingerprint density at radius 2 is 2.20 bits per heavy atom. The minimum atomic E-state index is 0.484. The second-order valence-corrected chi connectivity index (χ2v) is 3.83. The van der Waals surface area contributed by atoms with Crippen molar-refractivity contribution >= 4 is 16.7 Å². The van der Waals surface area contributed by atoms with Gasteiger partial charge in [-0.2, -0.15) is 9.36 Å². The molecule has 0 bridgehead atoms. The summed E-state index contributed by atoms with van der Waals surface area (Å²) in [6.07, 6.45) is 0. The minimum absolute atomic E-state index is 0.484. The Morgan fingerprint density at radius 3 is 2.87 bits per heavy atom. The van der Waals surface area contributed by atoms with Crippen molar-refractivity contribution in [2.45, 2.75) is 6.61 Å². The Kier molecular flexibility index (Phi) is 2.94. The highest BCUT2D eigenvalue weighted by molar-refractivity contribution is 7.09. The number of methoxy groups -OCH3 is 1. The van der Waals surface area contributed by atoms with Gasteiger partial charge < -0.3 is 10.5 Å². The maximum atomic E-state index is 5.55. The SMILES string of the molecule is COCc1ccccc1-c1nsc(N)n1. The fourth-order valence-corrected chi connectivity index (χ4v) is 1.81. The summed E-state index contributed by atoms with van der Waals surface area (Å²) < 4.78 is 9.29. The Balaban J connectivity index is 2.42. The summed E-state index contributed by atoms with van der Waals surface area (Å²) in [5.74, 6) is 0.671. The van der Waals surface area contributed by atoms with Crippen molar-refractivity contribution in [1.82, 2.24) is 9.36 Å². The fourth-order valence-electron chi connectivity index (χ4n) is 1.36. The van der Waals surface area contributed by atoms with E-state index in [1.807, 2.05) is 24.3 Å². The van der Waals surface area contributed by atoms with Crippen molar-refractivity contribution in [3.05, 3.63) is 29.8 Å². The van der Waals surface area contributed by atoms with Gasteiger partial charge in [0.2, 0.25) is 0 Å². The molecule has 0 aliphatic carbocycles. The van der Waals surface area contributed by atoms with Crippen LogP contribution in [0.1, 0.15) is 5.56 Å². The highest BCUT2D eigenvalue weighted by atomic mass is 32.1. The van der Waals surface area contributed by atoms with Crippen LogP contribution < -0.4 is 5.73 Å². The van der Waals surface area contributed by atoms with Crippen LogP contribution >= 0.6 is 11.5 Å². The van der Waals surface area contributed by atoms with Gasteiger partial charge in [0.1, 0.15) is 0 Å². The number of nitrogens with two attached hydrogens (primary N) is 1. The first-order valence-electron chi connectivity index (χ1n) is 4.47. The standard InChI is InChI=1S/C10H11N3OS/c1-14-6-7-4-2-3-5-8(7)9-12-10(11)15-13-9/h2-5H,6H2,1H3,(H2,11,12,13). The van der Waals surface area contributed by atoms with E-state index in [9.17, 15) is 0 Å². The zero-order chi connectivity index (χ0) is 10.7. The first-order valence-corrected chi connectivity index (χ1v) is 5.25. The van der Waals surface area contributed by atoms with E-state index in [2.05, 4.69) is 9.36 Å². The summed E-state index contributed by atoms with van der Waals surface area (Å²) >= 11 is 1.20. The minimum Gasteiger partial charge on any atom is -0.380 e. The molecular weight excluding hydrogens is 210 g/mol. The van der Waals surface area contributed by atoms with E-state index >= 15 is 0 Å². The Labute approximate surface area is 91.9 Å². The molecule has 0 fully saturated rings. The van der Waals surface area contributed by atoms with Crippen LogP contribution in [0.5, 0.6) is 0 Å². The van der Waals surface area contributed by atoms with E-state index in [-0.39, 0.29) is 0 Å². The van der Waals surface area contributed by atoms with E-state index < -0.39 is 0 Å². The molecule has 1 aromatic heterocycles. The van der Waals surface area contributed by atoms with E-state index in [1.54, 1.807) is 7.11 Å². The van der Waals surface area contributed by atoms with Gasteiger partial charge in [-0.3, -0.25) is 0 Å². The third-order valence-corrected chi connectivity index (χ3v) is 2.54. The van der Waals surface area contributed by atoms with Gasteiger partial charge in [0.25, 0.3) is 0 Å². The molecule has 0 aliphatic heterocycles. The average molecular weight is 221 g/mol. The fraction of sp³-hybridized carbons (Fsp3) is 0.200. The van der Waals surface area contributed by atoms with Crippen LogP contribution in [0.2, 0.25) is 0 Å². The zero-order valence-corrected chi connectivity index (χ0v) is 9.12. The zero-order valence-electron chi connectivity index (χ0n) is 8.30. The van der Waals surface area contributed by atoms with Crippen LogP contribution in [0.3, 0.4) is 0 Å². The molecule has 0 amide bonds. The lowest BCUT2D eigenvalue weighted by molar-refractivity contribution is 0.185. The average Bonchev–Trinajstić information content (AvgIpc) is 2.66. The summed E-state index contributed by atoms with van der Waals surface area (Å²) in [5.41, 5.74) is 7.60. The first kappa shape index (κ1) is 10.1. The summed E-state index contributed by atoms with van der Waals surface area (Å²) in [6, 6.07) is 7.88. The van der Waals surface area contributed by atoms with Gasteiger partial charge in [-0.05, 0) is 5.56 Å². The molecule has 0 saturated heterocycles. The summed E-state index contributed by atoms with van der Waals surface area (Å²) in [4.78, 5) is 4.15. The summed E-state index contributed by atoms with van der Waals surface area (Å²) in [5, 5.41) is 0.484. The van der Waals surface area contributed by atoms with E-state index in [4.69, 9.17) is 10.5 Å². The molecule has 78 valence electrons. The second-order valence-electron chi connectivity index (χ2n) is 3.05. The Morgan fingerprint density at radius 1 is 1.40 bits per heavy atom. The molecule has 0 saturated carbocycles. The molecule has 0 aliphatic rings. The van der Waals surface area contributed by atoms with Gasteiger partial charge in [0.15, 0.2) is 11.0 Å². The molecule has 4 nitrogen and oxygen atoms in total. The Hall–Kier alpha value is -1.46. The largest absolute Gasteiger partial charge is 0.380 e. The van der Waals surface area contributed by atoms with Crippen LogP contribution in [0.4, 0.5) is 5.13 Å². The molecule has 0 radical (unpaired) electrons. The third kappa shape index (κ3) is 2.14. The van der Waals surface area contributed by atoms with Gasteiger partial charge in [-0.15, -0.1) is 0 Å². The van der Waals surface area contributed by atoms with Gasteiger partial charge in [-0.25, -0.2) is 0 Å². The van der Waals surface area contributed by atoms with Crippen molar-refractivity contribution in [2.75, 3.05) is 12.8 Å². The van der Waals surface area contributed by atoms with Crippen LogP contribution in [0, 0.1) is 0 Å². The monoisotopic (exact) mass is 221 g/mol. The number of benzene rings is 1. The molecular formula is C10H11N3OS. The lowest BCUT2D eigenvalue weighted by Crippen LogP contribution is -1.93. The maximum absolute atomic E-state index is 5.55. The molecule has 15 heavy (non-hydrogen) atoms. The number of anilines is 1. The molecule has 2 aromatic rings. The van der Waals surface area contributed by atoms with Crippen molar-refractivity contribution < 1.29 is 4.74 Å². The number of aromatic nitrogens is 2. The van der Waals surface area contributed by atoms with Crippen molar-refractivity contribution in [3.63, 3.8) is 0 Å². The summed E-state index contributed by atoms with van der Waals surface area (Å²) in [7, 11) is 1.67. The van der Waals surface area contributed by atoms with E-state index in [0.29, 0.717) is 17.6 Å². The predicted molar refractivity (Wildman–Crippen MR) is 60.5 cm³/mol. The number of ether oxygens (including phenoxy) is 1. The van der Waals surface area contributed by atoms with Crippen LogP contribution in [0.25, 0.3) is 11.4 Å². The highest BCUT2D eigenvalue weighted by Gasteiger charge is 2.08. The molecule has 1 heterocycles. The van der Waals surface area contributed by atoms with Gasteiger partial charge in [0, 0.05) is 24.2 Å².